The third-order valence-corrected chi connectivity index (χ3v) is 6.76. The summed E-state index contributed by atoms with van der Waals surface area (Å²) < 4.78 is 67.7. The SMILES string of the molecule is CN(C)S(=O)(=O)c1ccc(N2CCCC2)c(C(=O)Nc2ccc(OCC(F)(F)F)cc2)c1. The summed E-state index contributed by atoms with van der Waals surface area (Å²) >= 11 is 0. The molecule has 1 N–H and O–H groups in total. The molecule has 0 unspecified atom stereocenters. The molecular weight excluding hydrogens is 447 g/mol. The summed E-state index contributed by atoms with van der Waals surface area (Å²) in [4.78, 5) is 15.1. The Kier molecular flexibility index (Phi) is 6.99. The van der Waals surface area contributed by atoms with E-state index in [1.54, 1.807) is 6.07 Å². The lowest BCUT2D eigenvalue weighted by molar-refractivity contribution is -0.153. The van der Waals surface area contributed by atoms with E-state index in [1.807, 2.05) is 4.90 Å². The fourth-order valence-electron chi connectivity index (χ4n) is 3.30. The zero-order valence-electron chi connectivity index (χ0n) is 17.6. The van der Waals surface area contributed by atoms with E-state index < -0.39 is 28.7 Å². The third kappa shape index (κ3) is 5.71. The maximum Gasteiger partial charge on any atom is 0.422 e. The van der Waals surface area contributed by atoms with E-state index in [-0.39, 0.29) is 16.2 Å². The molecular formula is C21H24F3N3O4S. The van der Waals surface area contributed by atoms with Gasteiger partial charge in [0.2, 0.25) is 10.0 Å². The molecule has 7 nitrogen and oxygen atoms in total. The zero-order valence-corrected chi connectivity index (χ0v) is 18.5. The Balaban J connectivity index is 1.85. The van der Waals surface area contributed by atoms with Crippen molar-refractivity contribution in [2.24, 2.45) is 0 Å². The van der Waals surface area contributed by atoms with E-state index in [4.69, 9.17) is 0 Å². The minimum absolute atomic E-state index is 0.00787. The third-order valence-electron chi connectivity index (χ3n) is 4.95. The predicted molar refractivity (Wildman–Crippen MR) is 115 cm³/mol. The number of alkyl halides is 3. The van der Waals surface area contributed by atoms with Gasteiger partial charge in [0.15, 0.2) is 6.61 Å². The summed E-state index contributed by atoms with van der Waals surface area (Å²) in [5, 5.41) is 2.68. The van der Waals surface area contributed by atoms with Crippen LogP contribution in [0.1, 0.15) is 23.2 Å². The fraction of sp³-hybridized carbons (Fsp3) is 0.381. The van der Waals surface area contributed by atoms with Crippen molar-refractivity contribution in [1.29, 1.82) is 0 Å². The molecule has 0 bridgehead atoms. The molecule has 1 fully saturated rings. The smallest absolute Gasteiger partial charge is 0.422 e. The van der Waals surface area contributed by atoms with Gasteiger partial charge in [0.1, 0.15) is 5.75 Å². The van der Waals surface area contributed by atoms with Crippen LogP contribution in [0.4, 0.5) is 24.5 Å². The van der Waals surface area contributed by atoms with Gasteiger partial charge in [-0.2, -0.15) is 13.2 Å². The lowest BCUT2D eigenvalue weighted by Crippen LogP contribution is -2.25. The average Bonchev–Trinajstić information content (AvgIpc) is 3.27. The van der Waals surface area contributed by atoms with Crippen LogP contribution in [0.2, 0.25) is 0 Å². The van der Waals surface area contributed by atoms with Crippen molar-refractivity contribution in [2.75, 3.05) is 44.0 Å². The molecule has 0 aromatic heterocycles. The van der Waals surface area contributed by atoms with Crippen LogP contribution in [0.15, 0.2) is 47.4 Å². The average molecular weight is 472 g/mol. The van der Waals surface area contributed by atoms with Gasteiger partial charge in [-0.1, -0.05) is 0 Å². The number of benzene rings is 2. The quantitative estimate of drug-likeness (QED) is 0.666. The van der Waals surface area contributed by atoms with Gasteiger partial charge in [0, 0.05) is 38.6 Å². The van der Waals surface area contributed by atoms with Gasteiger partial charge in [-0.05, 0) is 55.3 Å². The van der Waals surface area contributed by atoms with Crippen LogP contribution in [0, 0.1) is 0 Å². The highest BCUT2D eigenvalue weighted by Gasteiger charge is 2.28. The number of rotatable bonds is 7. The minimum Gasteiger partial charge on any atom is -0.484 e. The number of halogens is 3. The normalized spacial score (nSPS) is 14.6. The Morgan fingerprint density at radius 2 is 1.72 bits per heavy atom. The Bertz CT molecular complexity index is 1060. The number of nitrogens with one attached hydrogen (secondary N) is 1. The maximum atomic E-state index is 13.1. The van der Waals surface area contributed by atoms with Gasteiger partial charge < -0.3 is 15.0 Å². The highest BCUT2D eigenvalue weighted by molar-refractivity contribution is 7.89. The van der Waals surface area contributed by atoms with Crippen molar-refractivity contribution in [3.8, 4) is 5.75 Å². The molecule has 1 aliphatic heterocycles. The Morgan fingerprint density at radius 1 is 1.09 bits per heavy atom. The van der Waals surface area contributed by atoms with Crippen LogP contribution in [0.5, 0.6) is 5.75 Å². The summed E-state index contributed by atoms with van der Waals surface area (Å²) in [7, 11) is -0.926. The van der Waals surface area contributed by atoms with E-state index in [0.717, 1.165) is 30.2 Å². The fourth-order valence-corrected chi connectivity index (χ4v) is 4.23. The number of hydrogen-bond donors (Lipinski definition) is 1. The molecule has 32 heavy (non-hydrogen) atoms. The summed E-state index contributed by atoms with van der Waals surface area (Å²) in [5.41, 5.74) is 1.16. The van der Waals surface area contributed by atoms with E-state index in [2.05, 4.69) is 10.1 Å². The van der Waals surface area contributed by atoms with Gasteiger partial charge in [-0.3, -0.25) is 4.79 Å². The lowest BCUT2D eigenvalue weighted by atomic mass is 10.1. The van der Waals surface area contributed by atoms with E-state index in [0.29, 0.717) is 11.4 Å². The Hall–Kier alpha value is -2.79. The molecule has 1 aliphatic rings. The zero-order chi connectivity index (χ0) is 23.5. The second-order valence-electron chi connectivity index (χ2n) is 7.54. The number of carbonyl (C=O) groups is 1. The number of amides is 1. The van der Waals surface area contributed by atoms with Gasteiger partial charge >= 0.3 is 6.18 Å². The molecule has 11 heteroatoms. The first kappa shape index (κ1) is 23.9. The number of anilines is 2. The molecule has 1 heterocycles. The van der Waals surface area contributed by atoms with E-state index in [9.17, 15) is 26.4 Å². The topological polar surface area (TPSA) is 79.0 Å². The largest absolute Gasteiger partial charge is 0.484 e. The highest BCUT2D eigenvalue weighted by Crippen LogP contribution is 2.29. The van der Waals surface area contributed by atoms with Crippen LogP contribution in [-0.2, 0) is 10.0 Å². The van der Waals surface area contributed by atoms with Crippen LogP contribution >= 0.6 is 0 Å². The van der Waals surface area contributed by atoms with E-state index >= 15 is 0 Å². The van der Waals surface area contributed by atoms with Gasteiger partial charge in [0.25, 0.3) is 5.91 Å². The molecule has 0 saturated carbocycles. The van der Waals surface area contributed by atoms with E-state index in [1.165, 1.54) is 50.5 Å². The summed E-state index contributed by atoms with van der Waals surface area (Å²) in [6.07, 6.45) is -2.51. The van der Waals surface area contributed by atoms with Crippen molar-refractivity contribution in [3.63, 3.8) is 0 Å². The maximum absolute atomic E-state index is 13.1. The van der Waals surface area contributed by atoms with Crippen LogP contribution < -0.4 is 15.0 Å². The summed E-state index contributed by atoms with van der Waals surface area (Å²) in [6, 6.07) is 9.92. The standard InChI is InChI=1S/C21H24F3N3O4S/c1-26(2)32(29,30)17-9-10-19(27-11-3-4-12-27)18(13-17)20(28)25-15-5-7-16(8-6-15)31-14-21(22,23)24/h5-10,13H,3-4,11-12,14H2,1-2H3,(H,25,28). The van der Waals surface area contributed by atoms with Crippen molar-refractivity contribution >= 4 is 27.3 Å². The molecule has 0 radical (unpaired) electrons. The molecule has 2 aromatic carbocycles. The molecule has 174 valence electrons. The summed E-state index contributed by atoms with van der Waals surface area (Å²) in [6.45, 7) is 0.0988. The number of carbonyl (C=O) groups excluding carboxylic acids is 1. The molecule has 1 saturated heterocycles. The number of nitrogens with zero attached hydrogens (tertiary/aromatic N) is 2. The highest BCUT2D eigenvalue weighted by atomic mass is 32.2. The van der Waals surface area contributed by atoms with Crippen LogP contribution in [0.3, 0.4) is 0 Å². The second-order valence-corrected chi connectivity index (χ2v) is 9.69. The second kappa shape index (κ2) is 9.37. The van der Waals surface area contributed by atoms with Gasteiger partial charge in [0.05, 0.1) is 10.5 Å². The summed E-state index contributed by atoms with van der Waals surface area (Å²) in [5.74, 6) is -0.510. The molecule has 3 rings (SSSR count). The molecule has 0 atom stereocenters. The number of hydrogen-bond acceptors (Lipinski definition) is 5. The molecule has 2 aromatic rings. The van der Waals surface area contributed by atoms with Crippen LogP contribution in [0.25, 0.3) is 0 Å². The molecule has 0 spiro atoms. The lowest BCUT2D eigenvalue weighted by Gasteiger charge is -2.22. The first-order chi connectivity index (χ1) is 15.0. The van der Waals surface area contributed by atoms with Gasteiger partial charge in [-0.15, -0.1) is 0 Å². The van der Waals surface area contributed by atoms with Crippen molar-refractivity contribution in [1.82, 2.24) is 4.31 Å². The number of sulfonamides is 1. The van der Waals surface area contributed by atoms with Crippen molar-refractivity contribution in [3.05, 3.63) is 48.0 Å². The minimum atomic E-state index is -4.45. The first-order valence-corrected chi connectivity index (χ1v) is 11.3. The van der Waals surface area contributed by atoms with Crippen LogP contribution in [-0.4, -0.2) is 58.6 Å². The Morgan fingerprint density at radius 3 is 2.28 bits per heavy atom. The Labute approximate surface area is 184 Å². The van der Waals surface area contributed by atoms with Gasteiger partial charge in [-0.25, -0.2) is 12.7 Å². The monoisotopic (exact) mass is 471 g/mol. The first-order valence-electron chi connectivity index (χ1n) is 9.90. The molecule has 0 aliphatic carbocycles. The molecule has 1 amide bonds. The predicted octanol–water partition coefficient (Wildman–Crippen LogP) is 3.73. The van der Waals surface area contributed by atoms with Crippen molar-refractivity contribution < 1.29 is 31.1 Å². The number of ether oxygens (including phenoxy) is 1. The van der Waals surface area contributed by atoms with Crippen molar-refractivity contribution in [2.45, 2.75) is 23.9 Å².